The first-order valence-electron chi connectivity index (χ1n) is 11.1. The smallest absolute Gasteiger partial charge is 0.0582 e. The Morgan fingerprint density at radius 3 is 2.11 bits per heavy atom. The second-order valence-electron chi connectivity index (χ2n) is 9.66. The summed E-state index contributed by atoms with van der Waals surface area (Å²) in [5.41, 5.74) is 8.59. The molecule has 28 heavy (non-hydrogen) atoms. The van der Waals surface area contributed by atoms with E-state index in [1.165, 1.54) is 47.9 Å². The zero-order chi connectivity index (χ0) is 19.6. The van der Waals surface area contributed by atoms with Crippen molar-refractivity contribution >= 4 is 8.07 Å². The molecule has 2 aromatic rings. The third-order valence-corrected chi connectivity index (χ3v) is 9.50. The first kappa shape index (κ1) is 19.7. The van der Waals surface area contributed by atoms with Crippen LogP contribution in [0, 0.1) is 0 Å². The molecule has 1 nitrogen and oxygen atoms in total. The van der Waals surface area contributed by atoms with Crippen molar-refractivity contribution in [2.45, 2.75) is 69.7 Å². The molecule has 0 amide bonds. The first-order chi connectivity index (χ1) is 13.5. The highest BCUT2D eigenvalue weighted by Crippen LogP contribution is 2.40. The molecule has 2 aliphatic carbocycles. The molecule has 4 rings (SSSR count). The summed E-state index contributed by atoms with van der Waals surface area (Å²) in [7, 11) is -1.13. The van der Waals surface area contributed by atoms with Crippen molar-refractivity contribution in [3.63, 3.8) is 0 Å². The average Bonchev–Trinajstić information content (AvgIpc) is 2.85. The van der Waals surface area contributed by atoms with E-state index in [2.05, 4.69) is 79.6 Å². The SMILES string of the molecule is C[Si](C)(C)C1CCCC=C1CCNC1c2ccccc2CCc2ccccc21. The van der Waals surface area contributed by atoms with Crippen LogP contribution in [-0.2, 0) is 12.8 Å². The Labute approximate surface area is 172 Å². The van der Waals surface area contributed by atoms with E-state index in [9.17, 15) is 0 Å². The zero-order valence-corrected chi connectivity index (χ0v) is 18.8. The van der Waals surface area contributed by atoms with Gasteiger partial charge in [-0.25, -0.2) is 0 Å². The van der Waals surface area contributed by atoms with Gasteiger partial charge in [0.15, 0.2) is 0 Å². The van der Waals surface area contributed by atoms with Gasteiger partial charge in [0.2, 0.25) is 0 Å². The number of aryl methyl sites for hydroxylation is 2. The highest BCUT2D eigenvalue weighted by atomic mass is 28.3. The molecule has 2 aromatic carbocycles. The van der Waals surface area contributed by atoms with Gasteiger partial charge in [-0.05, 0) is 72.9 Å². The first-order valence-corrected chi connectivity index (χ1v) is 14.7. The van der Waals surface area contributed by atoms with Crippen molar-refractivity contribution in [3.05, 3.63) is 82.4 Å². The Kier molecular flexibility index (Phi) is 5.89. The van der Waals surface area contributed by atoms with Crippen molar-refractivity contribution < 1.29 is 0 Å². The van der Waals surface area contributed by atoms with E-state index in [1.807, 2.05) is 0 Å². The van der Waals surface area contributed by atoms with Crippen LogP contribution in [0.15, 0.2) is 60.2 Å². The molecule has 1 unspecified atom stereocenters. The Morgan fingerprint density at radius 2 is 1.50 bits per heavy atom. The molecule has 0 saturated carbocycles. The number of hydrogen-bond donors (Lipinski definition) is 1. The minimum absolute atomic E-state index is 0.324. The molecule has 0 spiro atoms. The molecule has 148 valence electrons. The van der Waals surface area contributed by atoms with E-state index >= 15 is 0 Å². The number of rotatable bonds is 5. The lowest BCUT2D eigenvalue weighted by Gasteiger charge is -2.34. The van der Waals surface area contributed by atoms with Crippen LogP contribution in [0.25, 0.3) is 0 Å². The summed E-state index contributed by atoms with van der Waals surface area (Å²) in [4.78, 5) is 0. The predicted molar refractivity (Wildman–Crippen MR) is 124 cm³/mol. The van der Waals surface area contributed by atoms with Crippen molar-refractivity contribution in [1.29, 1.82) is 0 Å². The van der Waals surface area contributed by atoms with Crippen LogP contribution < -0.4 is 5.32 Å². The van der Waals surface area contributed by atoms with Crippen LogP contribution >= 0.6 is 0 Å². The van der Waals surface area contributed by atoms with Gasteiger partial charge in [-0.1, -0.05) is 79.8 Å². The highest BCUT2D eigenvalue weighted by Gasteiger charge is 2.31. The second-order valence-corrected chi connectivity index (χ2v) is 15.1. The predicted octanol–water partition coefficient (Wildman–Crippen LogP) is 6.67. The molecule has 1 N–H and O–H groups in total. The average molecular weight is 390 g/mol. The highest BCUT2D eigenvalue weighted by molar-refractivity contribution is 6.78. The number of allylic oxidation sites excluding steroid dienone is 1. The van der Waals surface area contributed by atoms with Crippen LogP contribution in [0.3, 0.4) is 0 Å². The molecular weight excluding hydrogens is 354 g/mol. The molecule has 0 heterocycles. The Hall–Kier alpha value is -1.64. The van der Waals surface area contributed by atoms with Gasteiger partial charge in [-0.3, -0.25) is 0 Å². The molecule has 0 saturated heterocycles. The van der Waals surface area contributed by atoms with E-state index < -0.39 is 8.07 Å². The Morgan fingerprint density at radius 1 is 0.893 bits per heavy atom. The lowest BCUT2D eigenvalue weighted by molar-refractivity contribution is 0.580. The zero-order valence-electron chi connectivity index (χ0n) is 17.8. The number of hydrogen-bond acceptors (Lipinski definition) is 1. The summed E-state index contributed by atoms with van der Waals surface area (Å²) in [6.07, 6.45) is 10.2. The Bertz CT molecular complexity index is 798. The molecular formula is C26H35NSi. The number of fused-ring (bicyclic) bond motifs is 2. The quantitative estimate of drug-likeness (QED) is 0.444. The second kappa shape index (κ2) is 8.38. The van der Waals surface area contributed by atoms with Gasteiger partial charge in [-0.2, -0.15) is 0 Å². The van der Waals surface area contributed by atoms with Gasteiger partial charge >= 0.3 is 0 Å². The molecule has 2 heteroatoms. The maximum Gasteiger partial charge on any atom is 0.0582 e. The van der Waals surface area contributed by atoms with E-state index in [0.717, 1.165) is 24.9 Å². The maximum absolute atomic E-state index is 3.97. The molecule has 0 radical (unpaired) electrons. The maximum atomic E-state index is 3.97. The van der Waals surface area contributed by atoms with Crippen molar-refractivity contribution in [1.82, 2.24) is 5.32 Å². The van der Waals surface area contributed by atoms with E-state index in [1.54, 1.807) is 5.57 Å². The monoisotopic (exact) mass is 389 g/mol. The van der Waals surface area contributed by atoms with Crippen LogP contribution in [-0.4, -0.2) is 14.6 Å². The summed E-state index contributed by atoms with van der Waals surface area (Å²) >= 11 is 0. The minimum Gasteiger partial charge on any atom is -0.306 e. The normalized spacial score (nSPS) is 20.1. The van der Waals surface area contributed by atoms with Gasteiger partial charge in [0.05, 0.1) is 14.1 Å². The molecule has 0 aliphatic heterocycles. The van der Waals surface area contributed by atoms with Crippen LogP contribution in [0.1, 0.15) is 54.0 Å². The largest absolute Gasteiger partial charge is 0.306 e. The molecule has 0 bridgehead atoms. The lowest BCUT2D eigenvalue weighted by atomic mass is 9.93. The van der Waals surface area contributed by atoms with E-state index in [4.69, 9.17) is 0 Å². The van der Waals surface area contributed by atoms with Crippen LogP contribution in [0.4, 0.5) is 0 Å². The van der Waals surface area contributed by atoms with Gasteiger partial charge in [0, 0.05) is 0 Å². The van der Waals surface area contributed by atoms with E-state index in [-0.39, 0.29) is 0 Å². The lowest BCUT2D eigenvalue weighted by Crippen LogP contribution is -2.32. The fraction of sp³-hybridized carbons (Fsp3) is 0.462. The van der Waals surface area contributed by atoms with Gasteiger partial charge in [0.1, 0.15) is 0 Å². The van der Waals surface area contributed by atoms with Crippen molar-refractivity contribution in [3.8, 4) is 0 Å². The standard InChI is InChI=1S/C26H35NSi/c1-28(2,3)25-15-9-6-12-22(25)18-19-27-26-23-13-7-4-10-20(23)16-17-21-11-5-8-14-24(21)26/h4-5,7-8,10-14,25-27H,6,9,15-19H2,1-3H3. The summed E-state index contributed by atoms with van der Waals surface area (Å²) in [6.45, 7) is 8.70. The van der Waals surface area contributed by atoms with Crippen LogP contribution in [0.2, 0.25) is 25.2 Å². The topological polar surface area (TPSA) is 12.0 Å². The number of nitrogens with one attached hydrogen (secondary N) is 1. The third kappa shape index (κ3) is 4.18. The summed E-state index contributed by atoms with van der Waals surface area (Å²) in [5.74, 6) is 0. The third-order valence-electron chi connectivity index (χ3n) is 6.75. The molecule has 2 aliphatic rings. The van der Waals surface area contributed by atoms with Gasteiger partial charge in [0.25, 0.3) is 0 Å². The van der Waals surface area contributed by atoms with Crippen molar-refractivity contribution in [2.75, 3.05) is 6.54 Å². The molecule has 0 fully saturated rings. The van der Waals surface area contributed by atoms with Gasteiger partial charge in [-0.15, -0.1) is 0 Å². The Balaban J connectivity index is 1.54. The fourth-order valence-corrected chi connectivity index (χ4v) is 7.75. The summed E-state index contributed by atoms with van der Waals surface area (Å²) in [5, 5.41) is 3.97. The minimum atomic E-state index is -1.13. The van der Waals surface area contributed by atoms with Gasteiger partial charge < -0.3 is 5.32 Å². The van der Waals surface area contributed by atoms with E-state index in [0.29, 0.717) is 6.04 Å². The van der Waals surface area contributed by atoms with Crippen molar-refractivity contribution in [2.24, 2.45) is 0 Å². The fourth-order valence-electron chi connectivity index (χ4n) is 5.31. The summed E-state index contributed by atoms with van der Waals surface area (Å²) < 4.78 is 0. The van der Waals surface area contributed by atoms with Crippen LogP contribution in [0.5, 0.6) is 0 Å². The molecule has 1 atom stereocenters. The number of benzene rings is 2. The summed E-state index contributed by atoms with van der Waals surface area (Å²) in [6, 6.07) is 18.4. The molecule has 0 aromatic heterocycles.